The molecule has 1 aliphatic rings. The van der Waals surface area contributed by atoms with Gasteiger partial charge in [-0.05, 0) is 23.8 Å². The van der Waals surface area contributed by atoms with Crippen molar-refractivity contribution in [2.24, 2.45) is 0 Å². The predicted molar refractivity (Wildman–Crippen MR) is 108 cm³/mol. The molecule has 28 heavy (non-hydrogen) atoms. The number of pyridine rings is 1. The zero-order chi connectivity index (χ0) is 19.3. The number of urea groups is 1. The van der Waals surface area contributed by atoms with E-state index in [1.807, 2.05) is 79.8 Å². The maximum absolute atomic E-state index is 13.2. The summed E-state index contributed by atoms with van der Waals surface area (Å²) in [5.74, 6) is 0.839. The lowest BCUT2D eigenvalue weighted by molar-refractivity contribution is 0.186. The number of fused-ring (bicyclic) bond motifs is 1. The van der Waals surface area contributed by atoms with E-state index >= 15 is 0 Å². The lowest BCUT2D eigenvalue weighted by atomic mass is 10.00. The van der Waals surface area contributed by atoms with Crippen LogP contribution in [0.2, 0.25) is 0 Å². The highest BCUT2D eigenvalue weighted by Crippen LogP contribution is 2.32. The van der Waals surface area contributed by atoms with Crippen LogP contribution in [0, 0.1) is 0 Å². The number of carbonyl (C=O) groups is 1. The summed E-state index contributed by atoms with van der Waals surface area (Å²) < 4.78 is 5.71. The van der Waals surface area contributed by atoms with E-state index in [9.17, 15) is 4.79 Å². The number of aromatic nitrogens is 1. The molecule has 142 valence electrons. The molecule has 0 aliphatic carbocycles. The summed E-state index contributed by atoms with van der Waals surface area (Å²) in [6, 6.07) is 23.1. The first-order valence-corrected chi connectivity index (χ1v) is 9.45. The third-order valence-corrected chi connectivity index (χ3v) is 5.05. The maximum Gasteiger partial charge on any atom is 0.318 e. The van der Waals surface area contributed by atoms with Gasteiger partial charge in [0.25, 0.3) is 0 Å². The van der Waals surface area contributed by atoms with E-state index in [1.165, 1.54) is 0 Å². The zero-order valence-corrected chi connectivity index (χ0v) is 15.8. The molecule has 2 atom stereocenters. The first-order chi connectivity index (χ1) is 13.7. The van der Waals surface area contributed by atoms with Crippen LogP contribution in [0.5, 0.6) is 5.75 Å². The first kappa shape index (κ1) is 18.0. The van der Waals surface area contributed by atoms with Gasteiger partial charge in [0.2, 0.25) is 0 Å². The van der Waals surface area contributed by atoms with Gasteiger partial charge >= 0.3 is 6.03 Å². The molecule has 5 heteroatoms. The van der Waals surface area contributed by atoms with E-state index < -0.39 is 0 Å². The number of hydrogen-bond acceptors (Lipinski definition) is 3. The molecule has 0 fully saturated rings. The van der Waals surface area contributed by atoms with Crippen LogP contribution < -0.4 is 10.1 Å². The van der Waals surface area contributed by atoms with Gasteiger partial charge in [0, 0.05) is 25.2 Å². The van der Waals surface area contributed by atoms with Gasteiger partial charge in [-0.1, -0.05) is 54.6 Å². The van der Waals surface area contributed by atoms with Crippen LogP contribution in [0.4, 0.5) is 4.79 Å². The van der Waals surface area contributed by atoms with Crippen LogP contribution >= 0.6 is 0 Å². The molecule has 2 amide bonds. The smallest absolute Gasteiger partial charge is 0.318 e. The average Bonchev–Trinajstić information content (AvgIpc) is 2.75. The lowest BCUT2D eigenvalue weighted by Gasteiger charge is -2.32. The third-order valence-electron chi connectivity index (χ3n) is 5.05. The van der Waals surface area contributed by atoms with Crippen LogP contribution in [-0.4, -0.2) is 29.6 Å². The molecule has 0 saturated carbocycles. The first-order valence-electron chi connectivity index (χ1n) is 9.45. The van der Waals surface area contributed by atoms with Crippen molar-refractivity contribution < 1.29 is 9.53 Å². The second kappa shape index (κ2) is 8.13. The molecule has 2 heterocycles. The summed E-state index contributed by atoms with van der Waals surface area (Å²) >= 11 is 0. The van der Waals surface area contributed by atoms with E-state index in [2.05, 4.69) is 10.3 Å². The predicted octanol–water partition coefficient (Wildman–Crippen LogP) is 4.34. The van der Waals surface area contributed by atoms with E-state index in [1.54, 1.807) is 11.1 Å². The topological polar surface area (TPSA) is 54.5 Å². The van der Waals surface area contributed by atoms with Crippen molar-refractivity contribution in [1.82, 2.24) is 15.2 Å². The quantitative estimate of drug-likeness (QED) is 0.740. The Hall–Kier alpha value is -3.34. The number of benzene rings is 2. The molecule has 0 saturated heterocycles. The highest BCUT2D eigenvalue weighted by Gasteiger charge is 2.28. The van der Waals surface area contributed by atoms with Crippen molar-refractivity contribution in [3.05, 3.63) is 95.8 Å². The third kappa shape index (κ3) is 3.69. The fraction of sp³-hybridized carbons (Fsp3) is 0.217. The summed E-state index contributed by atoms with van der Waals surface area (Å²) in [6.45, 7) is 0.591. The van der Waals surface area contributed by atoms with Gasteiger partial charge < -0.3 is 15.0 Å². The molecular formula is C23H23N3O2. The summed E-state index contributed by atoms with van der Waals surface area (Å²) in [5.41, 5.74) is 2.87. The van der Waals surface area contributed by atoms with Crippen molar-refractivity contribution >= 4 is 6.03 Å². The minimum atomic E-state index is -0.266. The van der Waals surface area contributed by atoms with Crippen molar-refractivity contribution in [3.63, 3.8) is 0 Å². The number of carbonyl (C=O) groups excluding carboxylic acids is 1. The SMILES string of the molecule is CN(C(=O)N[C@H]1CCOc2ccccc21)[C@H](c1ccccc1)c1ccccn1. The Bertz CT molecular complexity index is 891. The van der Waals surface area contributed by atoms with Crippen molar-refractivity contribution in [2.75, 3.05) is 13.7 Å². The highest BCUT2D eigenvalue weighted by molar-refractivity contribution is 5.75. The molecular weight excluding hydrogens is 350 g/mol. The molecule has 1 aliphatic heterocycles. The second-order valence-corrected chi connectivity index (χ2v) is 6.86. The number of hydrogen-bond donors (Lipinski definition) is 1. The molecule has 2 aromatic carbocycles. The van der Waals surface area contributed by atoms with E-state index in [4.69, 9.17) is 4.74 Å². The number of amides is 2. The van der Waals surface area contributed by atoms with Gasteiger partial charge in [0.05, 0.1) is 18.3 Å². The fourth-order valence-corrected chi connectivity index (χ4v) is 3.63. The molecule has 0 unspecified atom stereocenters. The largest absolute Gasteiger partial charge is 0.493 e. The standard InChI is InChI=1S/C23H23N3O2/c1-26(22(17-9-3-2-4-10-17)20-12-7-8-15-24-20)23(27)25-19-14-16-28-21-13-6-5-11-18(19)21/h2-13,15,19,22H,14,16H2,1H3,(H,25,27)/t19-,22+/m0/s1. The fourth-order valence-electron chi connectivity index (χ4n) is 3.63. The number of nitrogens with zero attached hydrogens (tertiary/aromatic N) is 2. The average molecular weight is 373 g/mol. The minimum absolute atomic E-state index is 0.0694. The van der Waals surface area contributed by atoms with Gasteiger partial charge in [0.1, 0.15) is 11.8 Å². The summed E-state index contributed by atoms with van der Waals surface area (Å²) in [7, 11) is 1.81. The van der Waals surface area contributed by atoms with Crippen LogP contribution in [0.3, 0.4) is 0 Å². The number of nitrogens with one attached hydrogen (secondary N) is 1. The van der Waals surface area contributed by atoms with E-state index in [0.717, 1.165) is 29.0 Å². The molecule has 1 aromatic heterocycles. The molecule has 4 rings (SSSR count). The molecule has 0 bridgehead atoms. The Morgan fingerprint density at radius 3 is 2.61 bits per heavy atom. The Balaban J connectivity index is 1.59. The van der Waals surface area contributed by atoms with Crippen LogP contribution in [0.15, 0.2) is 79.0 Å². The monoisotopic (exact) mass is 373 g/mol. The lowest BCUT2D eigenvalue weighted by Crippen LogP contribution is -2.43. The normalized spacial score (nSPS) is 16.4. The van der Waals surface area contributed by atoms with Crippen molar-refractivity contribution in [2.45, 2.75) is 18.5 Å². The van der Waals surface area contributed by atoms with Gasteiger partial charge in [-0.25, -0.2) is 4.79 Å². The van der Waals surface area contributed by atoms with Crippen LogP contribution in [-0.2, 0) is 0 Å². The highest BCUT2D eigenvalue weighted by atomic mass is 16.5. The molecule has 0 spiro atoms. The van der Waals surface area contributed by atoms with Gasteiger partial charge in [0.15, 0.2) is 0 Å². The zero-order valence-electron chi connectivity index (χ0n) is 15.8. The number of para-hydroxylation sites is 1. The van der Waals surface area contributed by atoms with E-state index in [-0.39, 0.29) is 18.1 Å². The second-order valence-electron chi connectivity index (χ2n) is 6.86. The van der Waals surface area contributed by atoms with Crippen LogP contribution in [0.25, 0.3) is 0 Å². The summed E-state index contributed by atoms with van der Waals surface area (Å²) in [5, 5.41) is 3.17. The summed E-state index contributed by atoms with van der Waals surface area (Å²) in [6.07, 6.45) is 2.50. The van der Waals surface area contributed by atoms with Crippen molar-refractivity contribution in [1.29, 1.82) is 0 Å². The number of rotatable bonds is 4. The van der Waals surface area contributed by atoms with Gasteiger partial charge in [-0.3, -0.25) is 4.98 Å². The minimum Gasteiger partial charge on any atom is -0.493 e. The van der Waals surface area contributed by atoms with Crippen LogP contribution in [0.1, 0.15) is 35.3 Å². The van der Waals surface area contributed by atoms with Gasteiger partial charge in [-0.2, -0.15) is 0 Å². The Morgan fingerprint density at radius 1 is 1.07 bits per heavy atom. The van der Waals surface area contributed by atoms with Gasteiger partial charge in [-0.15, -0.1) is 0 Å². The molecule has 1 N–H and O–H groups in total. The summed E-state index contributed by atoms with van der Waals surface area (Å²) in [4.78, 5) is 19.4. The van der Waals surface area contributed by atoms with E-state index in [0.29, 0.717) is 6.61 Å². The Kier molecular flexibility index (Phi) is 5.24. The molecule has 5 nitrogen and oxygen atoms in total. The molecule has 0 radical (unpaired) electrons. The Labute approximate surface area is 165 Å². The van der Waals surface area contributed by atoms with Crippen molar-refractivity contribution in [3.8, 4) is 5.75 Å². The molecule has 3 aromatic rings. The number of ether oxygens (including phenoxy) is 1. The Morgan fingerprint density at radius 2 is 1.82 bits per heavy atom. The maximum atomic E-state index is 13.2.